The van der Waals surface area contributed by atoms with Crippen molar-refractivity contribution in [3.05, 3.63) is 53.3 Å². The maximum Gasteiger partial charge on any atom is 0.339 e. The van der Waals surface area contributed by atoms with Gasteiger partial charge in [-0.2, -0.15) is 0 Å². The minimum atomic E-state index is -1.41. The Bertz CT molecular complexity index is 1500. The Morgan fingerprint density at radius 1 is 1.04 bits per heavy atom. The second-order valence-corrected chi connectivity index (χ2v) is 15.0. The van der Waals surface area contributed by atoms with Crippen LogP contribution in [0.4, 0.5) is 0 Å². The van der Waals surface area contributed by atoms with E-state index < -0.39 is 78.2 Å². The number of hydrogen-bond acceptors (Lipinski definition) is 12. The molecule has 4 aliphatic rings. The fourth-order valence-corrected chi connectivity index (χ4v) is 6.66. The van der Waals surface area contributed by atoms with Gasteiger partial charge in [0.25, 0.3) is 0 Å². The third-order valence-electron chi connectivity index (χ3n) is 9.43. The lowest BCUT2D eigenvalue weighted by molar-refractivity contribution is -0.209. The normalized spacial score (nSPS) is 24.2. The molecule has 1 saturated heterocycles. The van der Waals surface area contributed by atoms with Crippen molar-refractivity contribution in [2.75, 3.05) is 19.8 Å². The van der Waals surface area contributed by atoms with Crippen molar-refractivity contribution in [1.29, 1.82) is 0 Å². The number of carbonyl (C=O) groups is 4. The lowest BCUT2D eigenvalue weighted by atomic mass is 9.91. The molecule has 3 aliphatic carbocycles. The first-order valence-corrected chi connectivity index (χ1v) is 18.1. The molecular weight excluding hydrogens is 676 g/mol. The van der Waals surface area contributed by atoms with Gasteiger partial charge in [0.1, 0.15) is 36.6 Å². The number of aliphatic hydroxyl groups excluding tert-OH is 3. The SMILES string of the molecule is CC(O)C(NC(=O)C1=CC2OC(C3CC3)(C3CC3)OC2C(OC(=O)c2ccccc2C=COCCO)C1)C(=O)NC(CO)CCC(=O)OC(C)(C)C. The Labute approximate surface area is 303 Å². The molecule has 1 heterocycles. The second-order valence-electron chi connectivity index (χ2n) is 15.0. The fraction of sp³-hybridized carbons (Fsp3) is 0.632. The number of fused-ring (bicyclic) bond motifs is 1. The average molecular weight is 729 g/mol. The van der Waals surface area contributed by atoms with Gasteiger partial charge in [0.2, 0.25) is 11.8 Å². The molecule has 0 radical (unpaired) electrons. The van der Waals surface area contributed by atoms with Crippen LogP contribution in [-0.4, -0.2) is 107 Å². The average Bonchev–Trinajstić information content (AvgIpc) is 4.04. The van der Waals surface area contributed by atoms with Crippen LogP contribution in [-0.2, 0) is 38.1 Å². The van der Waals surface area contributed by atoms with Crippen LogP contribution in [0.25, 0.3) is 6.08 Å². The number of amides is 2. The highest BCUT2D eigenvalue weighted by Crippen LogP contribution is 2.59. The predicted molar refractivity (Wildman–Crippen MR) is 186 cm³/mol. The molecule has 1 aliphatic heterocycles. The number of esters is 2. The number of nitrogens with one attached hydrogen (secondary N) is 2. The molecule has 5 rings (SSSR count). The summed E-state index contributed by atoms with van der Waals surface area (Å²) < 4.78 is 30.0. The summed E-state index contributed by atoms with van der Waals surface area (Å²) in [7, 11) is 0. The summed E-state index contributed by atoms with van der Waals surface area (Å²) in [6.07, 6.45) is 4.78. The lowest BCUT2D eigenvalue weighted by Gasteiger charge is -2.32. The first kappa shape index (κ1) is 39.4. The van der Waals surface area contributed by atoms with E-state index in [0.29, 0.717) is 5.56 Å². The van der Waals surface area contributed by atoms with Gasteiger partial charge in [-0.15, -0.1) is 0 Å². The lowest BCUT2D eigenvalue weighted by Crippen LogP contribution is -2.55. The van der Waals surface area contributed by atoms with E-state index in [-0.39, 0.29) is 55.4 Å². The topological polar surface area (TPSA) is 199 Å². The van der Waals surface area contributed by atoms with Gasteiger partial charge in [0, 0.05) is 30.3 Å². The summed E-state index contributed by atoms with van der Waals surface area (Å²) >= 11 is 0. The quantitative estimate of drug-likeness (QED) is 0.0893. The van der Waals surface area contributed by atoms with Gasteiger partial charge in [0.15, 0.2) is 5.79 Å². The Kier molecular flexibility index (Phi) is 12.8. The van der Waals surface area contributed by atoms with E-state index in [2.05, 4.69) is 10.6 Å². The van der Waals surface area contributed by atoms with Crippen LogP contribution >= 0.6 is 0 Å². The molecule has 0 bridgehead atoms. The molecule has 1 aromatic carbocycles. The largest absolute Gasteiger partial charge is 0.499 e. The van der Waals surface area contributed by atoms with Crippen molar-refractivity contribution >= 4 is 29.8 Å². The van der Waals surface area contributed by atoms with E-state index in [4.69, 9.17) is 28.8 Å². The van der Waals surface area contributed by atoms with Gasteiger partial charge in [-0.3, -0.25) is 14.4 Å². The van der Waals surface area contributed by atoms with Crippen molar-refractivity contribution in [1.82, 2.24) is 10.6 Å². The maximum absolute atomic E-state index is 13.8. The molecule has 52 heavy (non-hydrogen) atoms. The van der Waals surface area contributed by atoms with Crippen molar-refractivity contribution in [2.24, 2.45) is 11.8 Å². The summed E-state index contributed by atoms with van der Waals surface area (Å²) in [6, 6.07) is 4.55. The first-order chi connectivity index (χ1) is 24.7. The molecule has 6 unspecified atom stereocenters. The number of benzene rings is 1. The van der Waals surface area contributed by atoms with Crippen LogP contribution < -0.4 is 10.6 Å². The van der Waals surface area contributed by atoms with Crippen molar-refractivity contribution in [3.63, 3.8) is 0 Å². The minimum absolute atomic E-state index is 0.0472. The molecule has 14 nitrogen and oxygen atoms in total. The Morgan fingerprint density at radius 2 is 1.73 bits per heavy atom. The third kappa shape index (κ3) is 9.98. The number of rotatable bonds is 17. The molecule has 286 valence electrons. The van der Waals surface area contributed by atoms with Crippen LogP contribution in [0.2, 0.25) is 0 Å². The first-order valence-electron chi connectivity index (χ1n) is 18.1. The van der Waals surface area contributed by atoms with E-state index in [1.807, 2.05) is 0 Å². The third-order valence-corrected chi connectivity index (χ3v) is 9.43. The molecule has 0 spiro atoms. The molecule has 14 heteroatoms. The molecule has 1 aromatic rings. The van der Waals surface area contributed by atoms with Gasteiger partial charge < -0.3 is 49.6 Å². The van der Waals surface area contributed by atoms with Gasteiger partial charge >= 0.3 is 11.9 Å². The number of ether oxygens (including phenoxy) is 5. The predicted octanol–water partition coefficient (Wildman–Crippen LogP) is 2.29. The Hall–Kier alpha value is -3.82. The highest BCUT2D eigenvalue weighted by Gasteiger charge is 2.64. The molecule has 5 N–H and O–H groups in total. The molecular formula is C38H52N2O12. The minimum Gasteiger partial charge on any atom is -0.499 e. The smallest absolute Gasteiger partial charge is 0.339 e. The molecule has 2 saturated carbocycles. The van der Waals surface area contributed by atoms with Gasteiger partial charge in [-0.05, 0) is 83.6 Å². The monoisotopic (exact) mass is 728 g/mol. The number of carbonyl (C=O) groups excluding carboxylic acids is 4. The van der Waals surface area contributed by atoms with E-state index in [0.717, 1.165) is 25.7 Å². The summed E-state index contributed by atoms with van der Waals surface area (Å²) in [5, 5.41) is 34.7. The number of aliphatic hydroxyl groups is 3. The summed E-state index contributed by atoms with van der Waals surface area (Å²) in [5.41, 5.74) is 0.289. The second kappa shape index (κ2) is 16.9. The number of hydrogen-bond donors (Lipinski definition) is 5. The zero-order chi connectivity index (χ0) is 37.6. The highest BCUT2D eigenvalue weighted by molar-refractivity contribution is 5.98. The van der Waals surface area contributed by atoms with E-state index >= 15 is 0 Å². The van der Waals surface area contributed by atoms with Crippen molar-refractivity contribution in [2.45, 2.75) is 121 Å². The Morgan fingerprint density at radius 3 is 2.35 bits per heavy atom. The van der Waals surface area contributed by atoms with E-state index in [1.54, 1.807) is 57.2 Å². The molecule has 2 amide bonds. The zero-order valence-electron chi connectivity index (χ0n) is 30.2. The molecule has 3 fully saturated rings. The van der Waals surface area contributed by atoms with Gasteiger partial charge in [-0.1, -0.05) is 18.2 Å². The van der Waals surface area contributed by atoms with Crippen LogP contribution in [0.15, 0.2) is 42.2 Å². The van der Waals surface area contributed by atoms with Crippen LogP contribution in [0, 0.1) is 11.8 Å². The molecule has 0 aromatic heterocycles. The summed E-state index contributed by atoms with van der Waals surface area (Å²) in [5.74, 6) is -2.97. The maximum atomic E-state index is 13.8. The molecule has 6 atom stereocenters. The fourth-order valence-electron chi connectivity index (χ4n) is 6.66. The van der Waals surface area contributed by atoms with Gasteiger partial charge in [0.05, 0.1) is 37.2 Å². The highest BCUT2D eigenvalue weighted by atomic mass is 16.8. The Balaban J connectivity index is 1.31. The van der Waals surface area contributed by atoms with Crippen LogP contribution in [0.5, 0.6) is 0 Å². The van der Waals surface area contributed by atoms with Crippen LogP contribution in [0.3, 0.4) is 0 Å². The van der Waals surface area contributed by atoms with Crippen molar-refractivity contribution < 1.29 is 58.2 Å². The van der Waals surface area contributed by atoms with Crippen LogP contribution in [0.1, 0.15) is 88.6 Å². The van der Waals surface area contributed by atoms with Crippen molar-refractivity contribution in [3.8, 4) is 0 Å². The van der Waals surface area contributed by atoms with E-state index in [1.165, 1.54) is 13.2 Å². The van der Waals surface area contributed by atoms with Gasteiger partial charge in [-0.25, -0.2) is 4.79 Å². The summed E-state index contributed by atoms with van der Waals surface area (Å²) in [4.78, 5) is 53.0. The zero-order valence-corrected chi connectivity index (χ0v) is 30.2. The summed E-state index contributed by atoms with van der Waals surface area (Å²) in [6.45, 7) is 6.02. The standard InChI is InChI=1S/C38H52N2O12/c1-22(43)32(35(46)39-27(21-42)13-14-31(44)51-37(2,3)4)40-34(45)24-19-29(33-30(20-24)50-38(52-33,25-9-10-25)26-11-12-26)49-36(47)28-8-6-5-7-23(28)15-17-48-18-16-41/h5-8,15,17,20,22,25-27,29-30,32-33,41-43H,9-14,16,18-19,21H2,1-4H3,(H,39,46)(H,40,45). The van der Waals surface area contributed by atoms with E-state index in [9.17, 15) is 29.4 Å².